The van der Waals surface area contributed by atoms with Crippen LogP contribution in [0.4, 0.5) is 0 Å². The molecular weight excluding hydrogens is 556 g/mol. The zero-order valence-electron chi connectivity index (χ0n) is 25.4. The molecule has 45 heavy (non-hydrogen) atoms. The van der Waals surface area contributed by atoms with Crippen LogP contribution >= 0.6 is 0 Å². The maximum Gasteiger partial charge on any atom is 0.247 e. The van der Waals surface area contributed by atoms with Crippen LogP contribution < -0.4 is 0 Å². The van der Waals surface area contributed by atoms with Crippen LogP contribution in [0.3, 0.4) is 0 Å². The number of rotatable bonds is 9. The SMILES string of the molecule is Cc1ccc(C=CC(=O)N(Cc2ccc(-c3ccncc3)cc2)[C@@H](Cc2ccccc2)C(=O)N2CCc3ccccc3C2)nc1. The number of aryl methyl sites for hydroxylation is 1. The molecule has 0 saturated carbocycles. The summed E-state index contributed by atoms with van der Waals surface area (Å²) >= 11 is 0. The van der Waals surface area contributed by atoms with Crippen LogP contribution in [0, 0.1) is 6.92 Å². The molecule has 2 amide bonds. The van der Waals surface area contributed by atoms with Crippen LogP contribution in [0.15, 0.2) is 128 Å². The van der Waals surface area contributed by atoms with Gasteiger partial charge >= 0.3 is 0 Å². The molecule has 1 aliphatic heterocycles. The summed E-state index contributed by atoms with van der Waals surface area (Å²) in [6.45, 7) is 3.42. The molecule has 0 unspecified atom stereocenters. The first kappa shape index (κ1) is 29.7. The van der Waals surface area contributed by atoms with Gasteiger partial charge in [-0.05, 0) is 76.6 Å². The molecule has 0 bridgehead atoms. The molecule has 1 atom stereocenters. The molecule has 3 heterocycles. The molecule has 2 aromatic heterocycles. The van der Waals surface area contributed by atoms with Gasteiger partial charge in [0.1, 0.15) is 6.04 Å². The Morgan fingerprint density at radius 2 is 1.53 bits per heavy atom. The first-order chi connectivity index (χ1) is 22.0. The Balaban J connectivity index is 1.34. The van der Waals surface area contributed by atoms with Crippen LogP contribution in [-0.4, -0.2) is 44.2 Å². The summed E-state index contributed by atoms with van der Waals surface area (Å²) in [5, 5.41) is 0. The van der Waals surface area contributed by atoms with E-state index in [1.807, 2.05) is 90.7 Å². The van der Waals surface area contributed by atoms with Gasteiger partial charge < -0.3 is 9.80 Å². The van der Waals surface area contributed by atoms with E-state index in [9.17, 15) is 9.59 Å². The standard InChI is InChI=1S/C39H36N4O2/c1-29-11-16-36(41-26-29)17-18-38(44)43(27-31-12-14-33(15-13-31)34-19-22-40-23-20-34)37(25-30-7-3-2-4-8-30)39(45)42-24-21-32-9-5-6-10-35(32)28-42/h2-20,22-23,26,37H,21,24-25,27-28H2,1H3/t37-/m0/s1. The number of fused-ring (bicyclic) bond motifs is 1. The number of nitrogens with zero attached hydrogens (tertiary/aromatic N) is 4. The third kappa shape index (κ3) is 7.42. The van der Waals surface area contributed by atoms with Crippen molar-refractivity contribution in [2.24, 2.45) is 0 Å². The summed E-state index contributed by atoms with van der Waals surface area (Å²) in [5.74, 6) is -0.278. The zero-order chi connectivity index (χ0) is 31.0. The topological polar surface area (TPSA) is 66.4 Å². The molecule has 3 aromatic carbocycles. The third-order valence-corrected chi connectivity index (χ3v) is 8.31. The van der Waals surface area contributed by atoms with Crippen molar-refractivity contribution in [3.05, 3.63) is 161 Å². The Morgan fingerprint density at radius 1 is 0.822 bits per heavy atom. The number of hydrogen-bond acceptors (Lipinski definition) is 4. The first-order valence-electron chi connectivity index (χ1n) is 15.3. The maximum absolute atomic E-state index is 14.5. The average molecular weight is 593 g/mol. The number of benzene rings is 3. The van der Waals surface area contributed by atoms with E-state index in [0.29, 0.717) is 25.2 Å². The quantitative estimate of drug-likeness (QED) is 0.179. The van der Waals surface area contributed by atoms with Gasteiger partial charge in [0, 0.05) is 50.7 Å². The number of carbonyl (C=O) groups excluding carboxylic acids is 2. The second-order valence-corrected chi connectivity index (χ2v) is 11.5. The number of aromatic nitrogens is 2. The van der Waals surface area contributed by atoms with Gasteiger partial charge in [-0.25, -0.2) is 0 Å². The van der Waals surface area contributed by atoms with E-state index in [2.05, 4.69) is 34.2 Å². The van der Waals surface area contributed by atoms with Crippen molar-refractivity contribution in [1.29, 1.82) is 0 Å². The smallest absolute Gasteiger partial charge is 0.247 e. The molecule has 224 valence electrons. The van der Waals surface area contributed by atoms with Crippen molar-refractivity contribution in [3.63, 3.8) is 0 Å². The Kier molecular flexibility index (Phi) is 9.21. The van der Waals surface area contributed by atoms with Gasteiger partial charge in [0.25, 0.3) is 0 Å². The van der Waals surface area contributed by atoms with Crippen molar-refractivity contribution >= 4 is 17.9 Å². The molecule has 0 radical (unpaired) electrons. The van der Waals surface area contributed by atoms with E-state index < -0.39 is 6.04 Å². The molecule has 6 heteroatoms. The molecule has 0 fully saturated rings. The lowest BCUT2D eigenvalue weighted by Gasteiger charge is -2.37. The molecule has 6 nitrogen and oxygen atoms in total. The highest BCUT2D eigenvalue weighted by Gasteiger charge is 2.34. The Bertz CT molecular complexity index is 1770. The van der Waals surface area contributed by atoms with Crippen LogP contribution in [0.25, 0.3) is 17.2 Å². The fourth-order valence-electron chi connectivity index (χ4n) is 5.78. The fraction of sp³-hybridized carbons (Fsp3) is 0.179. The van der Waals surface area contributed by atoms with Crippen LogP contribution in [-0.2, 0) is 35.5 Å². The third-order valence-electron chi connectivity index (χ3n) is 8.31. The predicted octanol–water partition coefficient (Wildman–Crippen LogP) is 6.69. The minimum absolute atomic E-state index is 0.0445. The van der Waals surface area contributed by atoms with Gasteiger partial charge in [-0.15, -0.1) is 0 Å². The lowest BCUT2D eigenvalue weighted by Crippen LogP contribution is -2.52. The van der Waals surface area contributed by atoms with Crippen molar-refractivity contribution < 1.29 is 9.59 Å². The van der Waals surface area contributed by atoms with Crippen molar-refractivity contribution in [1.82, 2.24) is 19.8 Å². The largest absolute Gasteiger partial charge is 0.336 e. The highest BCUT2D eigenvalue weighted by atomic mass is 16.2. The summed E-state index contributed by atoms with van der Waals surface area (Å²) < 4.78 is 0. The molecule has 5 aromatic rings. The van der Waals surface area contributed by atoms with E-state index in [1.165, 1.54) is 5.56 Å². The minimum atomic E-state index is -0.694. The minimum Gasteiger partial charge on any atom is -0.336 e. The molecule has 1 aliphatic rings. The van der Waals surface area contributed by atoms with E-state index in [0.717, 1.165) is 39.8 Å². The van der Waals surface area contributed by atoms with Gasteiger partial charge in [0.05, 0.1) is 5.69 Å². The van der Waals surface area contributed by atoms with Crippen molar-refractivity contribution in [3.8, 4) is 11.1 Å². The summed E-state index contributed by atoms with van der Waals surface area (Å²) in [5.41, 5.74) is 8.25. The zero-order valence-corrected chi connectivity index (χ0v) is 25.4. The van der Waals surface area contributed by atoms with E-state index >= 15 is 0 Å². The summed E-state index contributed by atoms with van der Waals surface area (Å²) in [6.07, 6.45) is 9.80. The monoisotopic (exact) mass is 592 g/mol. The first-order valence-corrected chi connectivity index (χ1v) is 15.3. The van der Waals surface area contributed by atoms with E-state index in [4.69, 9.17) is 0 Å². The molecule has 0 spiro atoms. The molecule has 6 rings (SSSR count). The number of carbonyl (C=O) groups is 2. The van der Waals surface area contributed by atoms with Gasteiger partial charge in [-0.1, -0.05) is 84.9 Å². The Morgan fingerprint density at radius 3 is 2.27 bits per heavy atom. The number of amides is 2. The van der Waals surface area contributed by atoms with E-state index in [1.54, 1.807) is 35.6 Å². The van der Waals surface area contributed by atoms with Gasteiger partial charge in [-0.3, -0.25) is 19.6 Å². The second kappa shape index (κ2) is 14.0. The summed E-state index contributed by atoms with van der Waals surface area (Å²) in [7, 11) is 0. The lowest BCUT2D eigenvalue weighted by molar-refractivity contribution is -0.144. The molecular formula is C39H36N4O2. The van der Waals surface area contributed by atoms with Gasteiger partial charge in [-0.2, -0.15) is 0 Å². The van der Waals surface area contributed by atoms with Gasteiger partial charge in [0.2, 0.25) is 11.8 Å². The van der Waals surface area contributed by atoms with E-state index in [-0.39, 0.29) is 18.4 Å². The van der Waals surface area contributed by atoms with Crippen LogP contribution in [0.1, 0.15) is 33.5 Å². The number of hydrogen-bond donors (Lipinski definition) is 0. The van der Waals surface area contributed by atoms with Crippen molar-refractivity contribution in [2.45, 2.75) is 38.9 Å². The normalized spacial score (nSPS) is 13.3. The maximum atomic E-state index is 14.5. The van der Waals surface area contributed by atoms with Crippen LogP contribution in [0.2, 0.25) is 0 Å². The van der Waals surface area contributed by atoms with Crippen LogP contribution in [0.5, 0.6) is 0 Å². The summed E-state index contributed by atoms with van der Waals surface area (Å²) in [4.78, 5) is 40.8. The number of pyridine rings is 2. The molecule has 0 saturated heterocycles. The van der Waals surface area contributed by atoms with Crippen molar-refractivity contribution in [2.75, 3.05) is 6.54 Å². The average Bonchev–Trinajstić information content (AvgIpc) is 3.10. The lowest BCUT2D eigenvalue weighted by atomic mass is 9.97. The predicted molar refractivity (Wildman–Crippen MR) is 178 cm³/mol. The Labute approximate surface area is 264 Å². The molecule has 0 aliphatic carbocycles. The Hall–Kier alpha value is -5.36. The highest BCUT2D eigenvalue weighted by Crippen LogP contribution is 2.24. The highest BCUT2D eigenvalue weighted by molar-refractivity contribution is 5.95. The molecule has 0 N–H and O–H groups in total. The summed E-state index contributed by atoms with van der Waals surface area (Å²) in [6, 6.07) is 33.5. The fourth-order valence-corrected chi connectivity index (χ4v) is 5.78. The van der Waals surface area contributed by atoms with Gasteiger partial charge in [0.15, 0.2) is 0 Å². The second-order valence-electron chi connectivity index (χ2n) is 11.5.